The molecule has 1 aromatic rings. The van der Waals surface area contributed by atoms with Crippen molar-refractivity contribution in [3.63, 3.8) is 0 Å². The fourth-order valence-corrected chi connectivity index (χ4v) is 7.33. The highest BCUT2D eigenvalue weighted by atomic mass is 16.5. The molecule has 5 fully saturated rings. The second-order valence-corrected chi connectivity index (χ2v) is 10.8. The summed E-state index contributed by atoms with van der Waals surface area (Å²) in [5.41, 5.74) is -0.587. The average Bonchev–Trinajstić information content (AvgIpc) is 2.92. The number of likely N-dealkylation sites (tertiary alicyclic amines) is 1. The predicted octanol–water partition coefficient (Wildman–Crippen LogP) is 3.16. The van der Waals surface area contributed by atoms with E-state index in [1.54, 1.807) is 20.3 Å². The standard InChI is InChI=1S/C27H36N2O5/c1-33-9-5-8-28-24(30)15-27(26(28)32,22-6-3-4-7-23(22)34-2)16-25(31)29-17-20-11-18-10-19(12-20)14-21(29)13-18/h3-4,6-7,18-21H,5,8-17H2,1-2H3/t18-,19+,20?,21?,27-/m1/s1. The molecule has 34 heavy (non-hydrogen) atoms. The fraction of sp³-hybridized carbons (Fsp3) is 0.667. The maximum Gasteiger partial charge on any atom is 0.241 e. The largest absolute Gasteiger partial charge is 0.496 e. The first-order valence-corrected chi connectivity index (χ1v) is 12.7. The van der Waals surface area contributed by atoms with Gasteiger partial charge in [-0.25, -0.2) is 0 Å². The number of benzene rings is 1. The Labute approximate surface area is 201 Å². The van der Waals surface area contributed by atoms with Gasteiger partial charge >= 0.3 is 0 Å². The summed E-state index contributed by atoms with van der Waals surface area (Å²) in [6.45, 7) is 1.56. The Morgan fingerprint density at radius 1 is 1.03 bits per heavy atom. The third-order valence-electron chi connectivity index (χ3n) is 8.64. The number of rotatable bonds is 8. The highest BCUT2D eigenvalue weighted by molar-refractivity contribution is 6.11. The third-order valence-corrected chi connectivity index (χ3v) is 8.64. The number of para-hydroxylation sites is 1. The number of nitrogens with zero attached hydrogens (tertiary/aromatic N) is 2. The van der Waals surface area contributed by atoms with Gasteiger partial charge in [0.05, 0.1) is 12.5 Å². The van der Waals surface area contributed by atoms with Crippen LogP contribution in [-0.2, 0) is 24.5 Å². The first-order valence-electron chi connectivity index (χ1n) is 12.7. The number of methoxy groups -OCH3 is 2. The lowest BCUT2D eigenvalue weighted by atomic mass is 9.68. The molecule has 0 radical (unpaired) electrons. The Bertz CT molecular complexity index is 950. The highest BCUT2D eigenvalue weighted by Crippen LogP contribution is 2.49. The third kappa shape index (κ3) is 4.02. The lowest BCUT2D eigenvalue weighted by Gasteiger charge is -2.39. The lowest BCUT2D eigenvalue weighted by molar-refractivity contribution is -0.143. The molecule has 5 aliphatic rings. The molecule has 0 aromatic heterocycles. The molecule has 184 valence electrons. The molecule has 3 saturated heterocycles. The molecule has 6 rings (SSSR count). The second kappa shape index (κ2) is 9.33. The van der Waals surface area contributed by atoms with Gasteiger partial charge in [-0.15, -0.1) is 0 Å². The fourth-order valence-electron chi connectivity index (χ4n) is 7.33. The summed E-state index contributed by atoms with van der Waals surface area (Å²) in [6, 6.07) is 7.61. The van der Waals surface area contributed by atoms with Gasteiger partial charge in [0.1, 0.15) is 5.75 Å². The summed E-state index contributed by atoms with van der Waals surface area (Å²) in [5.74, 6) is 2.07. The molecular formula is C27H36N2O5. The van der Waals surface area contributed by atoms with Gasteiger partial charge in [-0.05, 0) is 62.3 Å². The van der Waals surface area contributed by atoms with Gasteiger partial charge in [0.25, 0.3) is 0 Å². The molecule has 7 heteroatoms. The minimum absolute atomic E-state index is 0.00187. The molecule has 0 spiro atoms. The minimum Gasteiger partial charge on any atom is -0.496 e. The number of hydrogen-bond donors (Lipinski definition) is 0. The van der Waals surface area contributed by atoms with Gasteiger partial charge in [0.2, 0.25) is 17.7 Å². The Morgan fingerprint density at radius 2 is 1.74 bits per heavy atom. The van der Waals surface area contributed by atoms with Crippen LogP contribution in [0.15, 0.2) is 24.3 Å². The van der Waals surface area contributed by atoms with Crippen molar-refractivity contribution in [2.24, 2.45) is 17.8 Å². The molecule has 3 amide bonds. The van der Waals surface area contributed by atoms with Crippen molar-refractivity contribution in [2.75, 3.05) is 33.9 Å². The van der Waals surface area contributed by atoms with Gasteiger partial charge in [0, 0.05) is 51.3 Å². The number of imide groups is 1. The summed E-state index contributed by atoms with van der Waals surface area (Å²) in [7, 11) is 3.17. The van der Waals surface area contributed by atoms with Crippen LogP contribution in [0, 0.1) is 17.8 Å². The van der Waals surface area contributed by atoms with E-state index in [9.17, 15) is 14.4 Å². The van der Waals surface area contributed by atoms with Crippen LogP contribution in [0.25, 0.3) is 0 Å². The van der Waals surface area contributed by atoms with Crippen LogP contribution in [0.3, 0.4) is 0 Å². The summed E-state index contributed by atoms with van der Waals surface area (Å²) in [4.78, 5) is 44.4. The Kier molecular flexibility index (Phi) is 6.40. The first kappa shape index (κ1) is 23.3. The first-order chi connectivity index (χ1) is 16.4. The molecular weight excluding hydrogens is 432 g/mol. The Morgan fingerprint density at radius 3 is 2.44 bits per heavy atom. The van der Waals surface area contributed by atoms with Crippen LogP contribution in [0.2, 0.25) is 0 Å². The number of fused-ring (bicyclic) bond motifs is 1. The van der Waals surface area contributed by atoms with Gasteiger partial charge in [0.15, 0.2) is 0 Å². The van der Waals surface area contributed by atoms with Crippen LogP contribution in [0.4, 0.5) is 0 Å². The number of carbonyl (C=O) groups is 3. The zero-order chi connectivity index (χ0) is 23.9. The monoisotopic (exact) mass is 468 g/mol. The van der Waals surface area contributed by atoms with Crippen LogP contribution < -0.4 is 4.74 Å². The summed E-state index contributed by atoms with van der Waals surface area (Å²) in [6.07, 6.45) is 6.49. The van der Waals surface area contributed by atoms with Crippen LogP contribution >= 0.6 is 0 Å². The van der Waals surface area contributed by atoms with Crippen LogP contribution in [0.5, 0.6) is 5.75 Å². The number of carbonyl (C=O) groups excluding carboxylic acids is 3. The van der Waals surface area contributed by atoms with E-state index < -0.39 is 5.41 Å². The number of hydrogen-bond acceptors (Lipinski definition) is 5. The van der Waals surface area contributed by atoms with E-state index in [-0.39, 0.29) is 36.6 Å². The van der Waals surface area contributed by atoms with E-state index in [1.807, 2.05) is 18.2 Å². The van der Waals surface area contributed by atoms with Crippen molar-refractivity contribution in [2.45, 2.75) is 62.8 Å². The van der Waals surface area contributed by atoms with Gasteiger partial charge in [-0.2, -0.15) is 0 Å². The molecule has 1 aromatic carbocycles. The van der Waals surface area contributed by atoms with Crippen molar-refractivity contribution in [1.82, 2.24) is 9.80 Å². The molecule has 7 nitrogen and oxygen atoms in total. The molecule has 2 unspecified atom stereocenters. The van der Waals surface area contributed by atoms with E-state index in [2.05, 4.69) is 4.90 Å². The zero-order valence-electron chi connectivity index (χ0n) is 20.3. The molecule has 2 aliphatic carbocycles. The van der Waals surface area contributed by atoms with Crippen LogP contribution in [-0.4, -0.2) is 67.5 Å². The summed E-state index contributed by atoms with van der Waals surface area (Å²) in [5, 5.41) is 0. The van der Waals surface area contributed by atoms with Gasteiger partial charge < -0.3 is 14.4 Å². The van der Waals surface area contributed by atoms with Crippen molar-refractivity contribution >= 4 is 17.7 Å². The molecule has 2 saturated carbocycles. The smallest absolute Gasteiger partial charge is 0.241 e. The highest BCUT2D eigenvalue weighted by Gasteiger charge is 2.56. The van der Waals surface area contributed by atoms with Crippen molar-refractivity contribution < 1.29 is 23.9 Å². The minimum atomic E-state index is -1.23. The summed E-state index contributed by atoms with van der Waals surface area (Å²) < 4.78 is 10.7. The van der Waals surface area contributed by atoms with E-state index in [0.29, 0.717) is 36.8 Å². The van der Waals surface area contributed by atoms with Gasteiger partial charge in [-0.3, -0.25) is 19.3 Å². The molecule has 3 heterocycles. The summed E-state index contributed by atoms with van der Waals surface area (Å²) >= 11 is 0. The molecule has 5 atom stereocenters. The van der Waals surface area contributed by atoms with Gasteiger partial charge in [-0.1, -0.05) is 18.2 Å². The van der Waals surface area contributed by atoms with Crippen LogP contribution in [0.1, 0.15) is 56.9 Å². The Hall–Kier alpha value is -2.41. The van der Waals surface area contributed by atoms with E-state index in [0.717, 1.165) is 31.2 Å². The van der Waals surface area contributed by atoms with Crippen molar-refractivity contribution in [1.29, 1.82) is 0 Å². The molecule has 4 bridgehead atoms. The van der Waals surface area contributed by atoms with E-state index in [1.165, 1.54) is 24.2 Å². The quantitative estimate of drug-likeness (QED) is 0.433. The molecule has 0 N–H and O–H groups in total. The Balaban J connectivity index is 1.47. The van der Waals surface area contributed by atoms with Crippen molar-refractivity contribution in [3.8, 4) is 5.75 Å². The average molecular weight is 469 g/mol. The topological polar surface area (TPSA) is 76.2 Å². The second-order valence-electron chi connectivity index (χ2n) is 10.8. The number of ether oxygens (including phenoxy) is 2. The lowest BCUT2D eigenvalue weighted by Crippen LogP contribution is -2.47. The SMILES string of the molecule is COCCCN1C(=O)C[C@@](CC(=O)N2CC3C[C@@H]4CC2C[C@H](C3)C4)(c2ccccc2OC)C1=O. The maximum absolute atomic E-state index is 14.0. The van der Waals surface area contributed by atoms with E-state index >= 15 is 0 Å². The number of amides is 3. The zero-order valence-corrected chi connectivity index (χ0v) is 20.3. The maximum atomic E-state index is 14.0. The van der Waals surface area contributed by atoms with Crippen molar-refractivity contribution in [3.05, 3.63) is 29.8 Å². The van der Waals surface area contributed by atoms with E-state index in [4.69, 9.17) is 9.47 Å². The normalized spacial score (nSPS) is 32.4. The molecule has 3 aliphatic heterocycles. The predicted molar refractivity (Wildman–Crippen MR) is 126 cm³/mol.